The third kappa shape index (κ3) is 2.53. The van der Waals surface area contributed by atoms with E-state index in [1.54, 1.807) is 10.9 Å². The molecule has 0 saturated carbocycles. The van der Waals surface area contributed by atoms with Gasteiger partial charge in [-0.1, -0.05) is 42.0 Å². The van der Waals surface area contributed by atoms with E-state index < -0.39 is 6.10 Å². The normalized spacial score (nSPS) is 12.6. The Morgan fingerprint density at radius 2 is 2.24 bits per heavy atom. The fourth-order valence-corrected chi connectivity index (χ4v) is 1.87. The van der Waals surface area contributed by atoms with Crippen LogP contribution >= 0.6 is 0 Å². The molecule has 1 unspecified atom stereocenters. The zero-order valence-electron chi connectivity index (χ0n) is 10.2. The summed E-state index contributed by atoms with van der Waals surface area (Å²) in [5.41, 5.74) is 2.76. The van der Waals surface area contributed by atoms with E-state index in [4.69, 9.17) is 0 Å². The van der Waals surface area contributed by atoms with Gasteiger partial charge in [0.25, 0.3) is 0 Å². The summed E-state index contributed by atoms with van der Waals surface area (Å²) in [5.74, 6) is 0. The molecule has 4 heteroatoms. The summed E-state index contributed by atoms with van der Waals surface area (Å²) in [6.45, 7) is 4.86. The number of nitrogens with zero attached hydrogens (tertiary/aromatic N) is 3. The molecule has 0 radical (unpaired) electrons. The highest BCUT2D eigenvalue weighted by Gasteiger charge is 2.15. The Hall–Kier alpha value is -1.68. The van der Waals surface area contributed by atoms with Gasteiger partial charge < -0.3 is 5.11 Å². The van der Waals surface area contributed by atoms with Crippen LogP contribution in [0.1, 0.15) is 36.3 Å². The lowest BCUT2D eigenvalue weighted by atomic mass is 10.0. The molecule has 0 amide bonds. The van der Waals surface area contributed by atoms with Crippen molar-refractivity contribution in [2.75, 3.05) is 0 Å². The van der Waals surface area contributed by atoms with Crippen molar-refractivity contribution in [3.63, 3.8) is 0 Å². The second kappa shape index (κ2) is 5.10. The molecule has 0 fully saturated rings. The van der Waals surface area contributed by atoms with Crippen LogP contribution in [0.15, 0.2) is 30.5 Å². The molecule has 90 valence electrons. The quantitative estimate of drug-likeness (QED) is 0.876. The maximum Gasteiger partial charge on any atom is 0.122 e. The number of hydrogen-bond donors (Lipinski definition) is 1. The molecule has 0 aliphatic carbocycles. The first-order valence-corrected chi connectivity index (χ1v) is 5.85. The average Bonchev–Trinajstić information content (AvgIpc) is 2.77. The topological polar surface area (TPSA) is 50.9 Å². The molecule has 1 N–H and O–H groups in total. The number of aliphatic hydroxyl groups excluding tert-OH is 1. The molecule has 0 saturated heterocycles. The SMILES string of the molecule is CCCn1nncc1C(O)c1cccc(C)c1. The van der Waals surface area contributed by atoms with Crippen LogP contribution in [-0.4, -0.2) is 20.1 Å². The summed E-state index contributed by atoms with van der Waals surface area (Å²) in [4.78, 5) is 0. The monoisotopic (exact) mass is 231 g/mol. The van der Waals surface area contributed by atoms with Crippen LogP contribution in [0.25, 0.3) is 0 Å². The second-order valence-electron chi connectivity index (χ2n) is 4.20. The van der Waals surface area contributed by atoms with Crippen molar-refractivity contribution in [1.29, 1.82) is 0 Å². The lowest BCUT2D eigenvalue weighted by molar-refractivity contribution is 0.207. The van der Waals surface area contributed by atoms with Crippen LogP contribution in [0.2, 0.25) is 0 Å². The number of aryl methyl sites for hydroxylation is 2. The predicted molar refractivity (Wildman–Crippen MR) is 65.6 cm³/mol. The van der Waals surface area contributed by atoms with Crippen LogP contribution in [0.3, 0.4) is 0 Å². The highest BCUT2D eigenvalue weighted by Crippen LogP contribution is 2.21. The van der Waals surface area contributed by atoms with Gasteiger partial charge in [0, 0.05) is 6.54 Å². The fourth-order valence-electron chi connectivity index (χ4n) is 1.87. The van der Waals surface area contributed by atoms with Crippen molar-refractivity contribution < 1.29 is 5.11 Å². The van der Waals surface area contributed by atoms with Gasteiger partial charge in [-0.2, -0.15) is 0 Å². The van der Waals surface area contributed by atoms with E-state index in [2.05, 4.69) is 17.2 Å². The minimum atomic E-state index is -0.656. The molecule has 4 nitrogen and oxygen atoms in total. The Morgan fingerprint density at radius 1 is 1.41 bits per heavy atom. The number of aromatic nitrogens is 3. The van der Waals surface area contributed by atoms with Crippen molar-refractivity contribution in [3.8, 4) is 0 Å². The largest absolute Gasteiger partial charge is 0.382 e. The van der Waals surface area contributed by atoms with Gasteiger partial charge in [0.05, 0.1) is 11.9 Å². The Labute approximate surface area is 101 Å². The van der Waals surface area contributed by atoms with Gasteiger partial charge in [0.1, 0.15) is 6.10 Å². The number of rotatable bonds is 4. The molecule has 1 atom stereocenters. The van der Waals surface area contributed by atoms with E-state index >= 15 is 0 Å². The summed E-state index contributed by atoms with van der Waals surface area (Å²) in [5, 5.41) is 18.2. The summed E-state index contributed by atoms with van der Waals surface area (Å²) >= 11 is 0. The summed E-state index contributed by atoms with van der Waals surface area (Å²) in [6.07, 6.45) is 1.94. The van der Waals surface area contributed by atoms with Gasteiger partial charge in [-0.15, -0.1) is 5.10 Å². The fraction of sp³-hybridized carbons (Fsp3) is 0.385. The van der Waals surface area contributed by atoms with Crippen molar-refractivity contribution in [1.82, 2.24) is 15.0 Å². The second-order valence-corrected chi connectivity index (χ2v) is 4.20. The molecule has 1 aromatic heterocycles. The molecule has 1 heterocycles. The molecular formula is C13H17N3O. The van der Waals surface area contributed by atoms with Crippen LogP contribution in [-0.2, 0) is 6.54 Å². The standard InChI is InChI=1S/C13H17N3O/c1-3-7-16-12(9-14-15-16)13(17)11-6-4-5-10(2)8-11/h4-6,8-9,13,17H,3,7H2,1-2H3. The Kier molecular flexibility index (Phi) is 3.54. The first kappa shape index (κ1) is 11.8. The lowest BCUT2D eigenvalue weighted by Gasteiger charge is -2.12. The molecule has 2 rings (SSSR count). The summed E-state index contributed by atoms with van der Waals surface area (Å²) < 4.78 is 1.76. The van der Waals surface area contributed by atoms with E-state index in [0.29, 0.717) is 0 Å². The van der Waals surface area contributed by atoms with Gasteiger partial charge in [0.2, 0.25) is 0 Å². The van der Waals surface area contributed by atoms with Gasteiger partial charge >= 0.3 is 0 Å². The van der Waals surface area contributed by atoms with Crippen LogP contribution < -0.4 is 0 Å². The van der Waals surface area contributed by atoms with Crippen molar-refractivity contribution in [3.05, 3.63) is 47.3 Å². The van der Waals surface area contributed by atoms with E-state index in [1.165, 1.54) is 0 Å². The van der Waals surface area contributed by atoms with E-state index in [0.717, 1.165) is 29.8 Å². The highest BCUT2D eigenvalue weighted by molar-refractivity contribution is 5.28. The zero-order chi connectivity index (χ0) is 12.3. The molecule has 17 heavy (non-hydrogen) atoms. The summed E-state index contributed by atoms with van der Waals surface area (Å²) in [6, 6.07) is 7.86. The highest BCUT2D eigenvalue weighted by atomic mass is 16.3. The van der Waals surface area contributed by atoms with E-state index in [1.807, 2.05) is 31.2 Å². The Bertz CT molecular complexity index is 493. The van der Waals surface area contributed by atoms with Gasteiger partial charge in [-0.05, 0) is 18.9 Å². The molecule has 0 aliphatic heterocycles. The van der Waals surface area contributed by atoms with Crippen LogP contribution in [0, 0.1) is 6.92 Å². The summed E-state index contributed by atoms with van der Waals surface area (Å²) in [7, 11) is 0. The first-order chi connectivity index (χ1) is 8.22. The molecular weight excluding hydrogens is 214 g/mol. The average molecular weight is 231 g/mol. The van der Waals surface area contributed by atoms with Crippen LogP contribution in [0.4, 0.5) is 0 Å². The van der Waals surface area contributed by atoms with Gasteiger partial charge in [-0.25, -0.2) is 4.68 Å². The third-order valence-corrected chi connectivity index (χ3v) is 2.72. The van der Waals surface area contributed by atoms with Gasteiger partial charge in [-0.3, -0.25) is 0 Å². The first-order valence-electron chi connectivity index (χ1n) is 5.85. The van der Waals surface area contributed by atoms with Crippen molar-refractivity contribution in [2.24, 2.45) is 0 Å². The minimum Gasteiger partial charge on any atom is -0.382 e. The van der Waals surface area contributed by atoms with E-state index in [-0.39, 0.29) is 0 Å². The molecule has 0 bridgehead atoms. The maximum absolute atomic E-state index is 10.3. The number of benzene rings is 1. The van der Waals surface area contributed by atoms with Crippen molar-refractivity contribution in [2.45, 2.75) is 32.9 Å². The molecule has 0 aliphatic rings. The van der Waals surface area contributed by atoms with Crippen LogP contribution in [0.5, 0.6) is 0 Å². The molecule has 2 aromatic rings. The Balaban J connectivity index is 2.30. The third-order valence-electron chi connectivity index (χ3n) is 2.72. The minimum absolute atomic E-state index is 0.656. The molecule has 1 aromatic carbocycles. The predicted octanol–water partition coefficient (Wildman–Crippen LogP) is 2.08. The number of aliphatic hydroxyl groups is 1. The van der Waals surface area contributed by atoms with E-state index in [9.17, 15) is 5.11 Å². The Morgan fingerprint density at radius 3 is 2.94 bits per heavy atom. The lowest BCUT2D eigenvalue weighted by Crippen LogP contribution is -2.10. The smallest absolute Gasteiger partial charge is 0.122 e. The maximum atomic E-state index is 10.3. The van der Waals surface area contributed by atoms with Crippen molar-refractivity contribution >= 4 is 0 Å². The molecule has 0 spiro atoms. The number of hydrogen-bond acceptors (Lipinski definition) is 3. The zero-order valence-corrected chi connectivity index (χ0v) is 10.2. The van der Waals surface area contributed by atoms with Gasteiger partial charge in [0.15, 0.2) is 0 Å².